The Bertz CT molecular complexity index is 344. The van der Waals surface area contributed by atoms with E-state index >= 15 is 0 Å². The van der Waals surface area contributed by atoms with Crippen molar-refractivity contribution in [3.63, 3.8) is 0 Å². The predicted molar refractivity (Wildman–Crippen MR) is 75.0 cm³/mol. The minimum atomic E-state index is 0.151. The summed E-state index contributed by atoms with van der Waals surface area (Å²) in [4.78, 5) is 0. The molecule has 4 nitrogen and oxygen atoms in total. The molecule has 18 heavy (non-hydrogen) atoms. The van der Waals surface area contributed by atoms with Crippen molar-refractivity contribution in [2.75, 3.05) is 6.54 Å². The number of nitrogens with zero attached hydrogens (tertiary/aromatic N) is 1. The molecule has 102 valence electrons. The van der Waals surface area contributed by atoms with Crippen LogP contribution in [0.25, 0.3) is 0 Å². The van der Waals surface area contributed by atoms with Crippen LogP contribution in [0.3, 0.4) is 0 Å². The van der Waals surface area contributed by atoms with Crippen LogP contribution in [0.15, 0.2) is 23.5 Å². The van der Waals surface area contributed by atoms with Gasteiger partial charge in [0.05, 0.1) is 0 Å². The Morgan fingerprint density at radius 1 is 1.11 bits per heavy atom. The van der Waals surface area contributed by atoms with Gasteiger partial charge in [-0.05, 0) is 17.1 Å². The van der Waals surface area contributed by atoms with E-state index < -0.39 is 0 Å². The van der Waals surface area contributed by atoms with Crippen LogP contribution in [-0.4, -0.2) is 17.7 Å². The van der Waals surface area contributed by atoms with Crippen molar-refractivity contribution in [3.8, 4) is 0 Å². The minimum absolute atomic E-state index is 0.151. The van der Waals surface area contributed by atoms with Crippen LogP contribution in [-0.2, 0) is 0 Å². The summed E-state index contributed by atoms with van der Waals surface area (Å²) < 4.78 is 0. The summed E-state index contributed by atoms with van der Waals surface area (Å²) in [5.41, 5.74) is 13.1. The van der Waals surface area contributed by atoms with Crippen LogP contribution >= 0.6 is 0 Å². The molecule has 2 aliphatic heterocycles. The van der Waals surface area contributed by atoms with E-state index in [9.17, 15) is 0 Å². The summed E-state index contributed by atoms with van der Waals surface area (Å²) in [5, 5.41) is 2.15. The Kier molecular flexibility index (Phi) is 3.19. The van der Waals surface area contributed by atoms with Crippen molar-refractivity contribution in [2.45, 2.75) is 47.7 Å². The number of hydrazine groups is 2. The zero-order valence-corrected chi connectivity index (χ0v) is 12.4. The van der Waals surface area contributed by atoms with Gasteiger partial charge in [0.2, 0.25) is 0 Å². The van der Waals surface area contributed by atoms with Crippen molar-refractivity contribution in [1.29, 1.82) is 0 Å². The van der Waals surface area contributed by atoms with Crippen molar-refractivity contribution in [2.24, 2.45) is 10.8 Å². The summed E-state index contributed by atoms with van der Waals surface area (Å²) in [7, 11) is 0. The summed E-state index contributed by atoms with van der Waals surface area (Å²) in [6.45, 7) is 14.3. The Morgan fingerprint density at radius 2 is 1.78 bits per heavy atom. The van der Waals surface area contributed by atoms with E-state index in [0.717, 1.165) is 6.54 Å². The highest BCUT2D eigenvalue weighted by Crippen LogP contribution is 2.29. The molecule has 3 N–H and O–H groups in total. The smallest absolute Gasteiger partial charge is 0.131 e. The van der Waals surface area contributed by atoms with Gasteiger partial charge in [-0.15, -0.1) is 0 Å². The van der Waals surface area contributed by atoms with Crippen LogP contribution < -0.4 is 16.3 Å². The summed E-state index contributed by atoms with van der Waals surface area (Å²) in [5.74, 6) is 0. The lowest BCUT2D eigenvalue weighted by molar-refractivity contribution is 0.223. The van der Waals surface area contributed by atoms with Crippen molar-refractivity contribution < 1.29 is 0 Å². The van der Waals surface area contributed by atoms with E-state index in [0.29, 0.717) is 0 Å². The maximum Gasteiger partial charge on any atom is 0.131 e. The first-order valence-corrected chi connectivity index (χ1v) is 6.65. The zero-order chi connectivity index (χ0) is 13.6. The van der Waals surface area contributed by atoms with Gasteiger partial charge in [0, 0.05) is 23.9 Å². The van der Waals surface area contributed by atoms with Gasteiger partial charge >= 0.3 is 0 Å². The van der Waals surface area contributed by atoms with Gasteiger partial charge in [-0.1, -0.05) is 41.5 Å². The molecule has 0 amide bonds. The number of hydrogen-bond acceptors (Lipinski definition) is 4. The minimum Gasteiger partial charge on any atom is -0.323 e. The van der Waals surface area contributed by atoms with Gasteiger partial charge < -0.3 is 5.43 Å². The molecular formula is C14H26N4. The quantitative estimate of drug-likeness (QED) is 0.666. The third-order valence-electron chi connectivity index (χ3n) is 3.50. The third kappa shape index (κ3) is 2.70. The second-order valence-electron chi connectivity index (χ2n) is 7.19. The van der Waals surface area contributed by atoms with Crippen LogP contribution in [0.4, 0.5) is 0 Å². The summed E-state index contributed by atoms with van der Waals surface area (Å²) in [6, 6.07) is 0. The van der Waals surface area contributed by atoms with E-state index in [-0.39, 0.29) is 17.0 Å². The van der Waals surface area contributed by atoms with Gasteiger partial charge in [0.25, 0.3) is 0 Å². The van der Waals surface area contributed by atoms with Gasteiger partial charge in [-0.2, -0.15) is 0 Å². The zero-order valence-electron chi connectivity index (χ0n) is 12.4. The molecule has 4 heteroatoms. The lowest BCUT2D eigenvalue weighted by atomic mass is 9.87. The predicted octanol–water partition coefficient (Wildman–Crippen LogP) is 2.10. The fourth-order valence-corrected chi connectivity index (χ4v) is 2.05. The van der Waals surface area contributed by atoms with Crippen LogP contribution in [0.2, 0.25) is 0 Å². The van der Waals surface area contributed by atoms with Crippen LogP contribution in [0.5, 0.6) is 0 Å². The first kappa shape index (κ1) is 13.4. The first-order valence-electron chi connectivity index (χ1n) is 6.65. The highest BCUT2D eigenvalue weighted by atomic mass is 15.6. The van der Waals surface area contributed by atoms with Crippen molar-refractivity contribution in [1.82, 2.24) is 21.3 Å². The highest BCUT2D eigenvalue weighted by Gasteiger charge is 2.30. The normalized spacial score (nSPS) is 25.0. The number of rotatable bonds is 1. The van der Waals surface area contributed by atoms with E-state index in [1.165, 1.54) is 11.3 Å². The molecule has 0 aromatic carbocycles. The standard InChI is InChI=1S/C14H26N4/c1-13(2,3)10-8-15-18(9-10)12-7-11(16-17-12)14(4,5)6/h7,9,12,15-17H,8H2,1-6H3. The lowest BCUT2D eigenvalue weighted by Gasteiger charge is -2.22. The maximum absolute atomic E-state index is 3.42. The SMILES string of the molecule is CC(C)(C)C1=CN(C2C=C(C(C)(C)C)NN2)NC1. The second-order valence-corrected chi connectivity index (χ2v) is 7.19. The van der Waals surface area contributed by atoms with Crippen molar-refractivity contribution in [3.05, 3.63) is 23.5 Å². The number of nitrogens with one attached hydrogen (secondary N) is 3. The summed E-state index contributed by atoms with van der Waals surface area (Å²) >= 11 is 0. The van der Waals surface area contributed by atoms with E-state index in [4.69, 9.17) is 0 Å². The molecule has 2 aliphatic rings. The Hall–Kier alpha value is -1.00. The van der Waals surface area contributed by atoms with E-state index in [2.05, 4.69) is 75.1 Å². The molecule has 1 unspecified atom stereocenters. The summed E-state index contributed by atoms with van der Waals surface area (Å²) in [6.07, 6.45) is 4.65. The largest absolute Gasteiger partial charge is 0.323 e. The average Bonchev–Trinajstić information content (AvgIpc) is 2.84. The molecule has 2 heterocycles. The molecule has 0 saturated heterocycles. The Balaban J connectivity index is 2.08. The Morgan fingerprint density at radius 3 is 2.22 bits per heavy atom. The van der Waals surface area contributed by atoms with Gasteiger partial charge in [-0.25, -0.2) is 10.9 Å². The lowest BCUT2D eigenvalue weighted by Crippen LogP contribution is -2.47. The molecule has 0 bridgehead atoms. The van der Waals surface area contributed by atoms with Crippen LogP contribution in [0.1, 0.15) is 41.5 Å². The molecular weight excluding hydrogens is 224 g/mol. The molecule has 2 rings (SSSR count). The van der Waals surface area contributed by atoms with E-state index in [1.54, 1.807) is 0 Å². The molecule has 0 aromatic rings. The maximum atomic E-state index is 3.42. The van der Waals surface area contributed by atoms with Crippen LogP contribution in [0, 0.1) is 10.8 Å². The topological polar surface area (TPSA) is 39.3 Å². The fraction of sp³-hybridized carbons (Fsp3) is 0.714. The molecule has 0 aliphatic carbocycles. The van der Waals surface area contributed by atoms with E-state index in [1.807, 2.05) is 0 Å². The van der Waals surface area contributed by atoms with Crippen molar-refractivity contribution >= 4 is 0 Å². The monoisotopic (exact) mass is 250 g/mol. The highest BCUT2D eigenvalue weighted by molar-refractivity contribution is 5.21. The number of hydrogen-bond donors (Lipinski definition) is 3. The third-order valence-corrected chi connectivity index (χ3v) is 3.50. The van der Waals surface area contributed by atoms with Gasteiger partial charge in [0.1, 0.15) is 6.17 Å². The molecule has 0 spiro atoms. The average molecular weight is 250 g/mol. The number of allylic oxidation sites excluding steroid dienone is 1. The molecule has 0 radical (unpaired) electrons. The molecule has 0 saturated carbocycles. The molecule has 0 fully saturated rings. The fourth-order valence-electron chi connectivity index (χ4n) is 2.05. The molecule has 1 atom stereocenters. The molecule has 0 aromatic heterocycles. The Labute approximate surface area is 110 Å². The van der Waals surface area contributed by atoms with Gasteiger partial charge in [0.15, 0.2) is 0 Å². The second kappa shape index (κ2) is 4.28. The van der Waals surface area contributed by atoms with Gasteiger partial charge in [-0.3, -0.25) is 5.01 Å². The first-order chi connectivity index (χ1) is 8.18.